The van der Waals surface area contributed by atoms with Crippen LogP contribution in [0.1, 0.15) is 21.6 Å². The first-order valence-corrected chi connectivity index (χ1v) is 6.68. The van der Waals surface area contributed by atoms with Gasteiger partial charge in [-0.2, -0.15) is 0 Å². The van der Waals surface area contributed by atoms with Crippen LogP contribution in [0.5, 0.6) is 0 Å². The fraction of sp³-hybridized carbons (Fsp3) is 0.250. The molecule has 1 heterocycles. The molecule has 1 aromatic carbocycles. The van der Waals surface area contributed by atoms with E-state index in [1.807, 2.05) is 50.4 Å². The van der Waals surface area contributed by atoms with E-state index >= 15 is 0 Å². The molecule has 0 saturated heterocycles. The largest absolute Gasteiger partial charge is 0.319 e. The van der Waals surface area contributed by atoms with Crippen molar-refractivity contribution in [3.63, 3.8) is 0 Å². The number of carbonyl (C=O) groups excluding carboxylic acids is 1. The molecule has 0 fully saturated rings. The fourth-order valence-corrected chi connectivity index (χ4v) is 2.02. The Hall–Kier alpha value is -2.20. The first-order valence-electron chi connectivity index (χ1n) is 6.68. The van der Waals surface area contributed by atoms with E-state index in [1.54, 1.807) is 6.07 Å². The molecule has 0 spiro atoms. The van der Waals surface area contributed by atoms with Crippen LogP contribution in [-0.2, 0) is 6.42 Å². The lowest BCUT2D eigenvalue weighted by Crippen LogP contribution is -2.17. The zero-order valence-electron chi connectivity index (χ0n) is 11.8. The molecular weight excluding hydrogens is 250 g/mol. The number of pyridine rings is 1. The molecule has 0 atom stereocenters. The Kier molecular flexibility index (Phi) is 4.85. The van der Waals surface area contributed by atoms with E-state index in [2.05, 4.69) is 15.6 Å². The number of amides is 1. The number of nitrogens with one attached hydrogen (secondary N) is 2. The molecule has 0 aliphatic heterocycles. The maximum absolute atomic E-state index is 12.3. The van der Waals surface area contributed by atoms with Gasteiger partial charge < -0.3 is 10.6 Å². The van der Waals surface area contributed by atoms with Gasteiger partial charge >= 0.3 is 0 Å². The molecule has 4 nitrogen and oxygen atoms in total. The second kappa shape index (κ2) is 6.82. The predicted molar refractivity (Wildman–Crippen MR) is 81.0 cm³/mol. The van der Waals surface area contributed by atoms with Crippen LogP contribution >= 0.6 is 0 Å². The quantitative estimate of drug-likeness (QED) is 0.876. The lowest BCUT2D eigenvalue weighted by atomic mass is 10.0. The van der Waals surface area contributed by atoms with Gasteiger partial charge in [0.1, 0.15) is 5.82 Å². The van der Waals surface area contributed by atoms with Crippen molar-refractivity contribution in [2.45, 2.75) is 13.3 Å². The normalized spacial score (nSPS) is 10.3. The van der Waals surface area contributed by atoms with E-state index in [-0.39, 0.29) is 5.91 Å². The molecule has 2 aromatic rings. The highest BCUT2D eigenvalue weighted by Crippen LogP contribution is 2.12. The Morgan fingerprint density at radius 3 is 2.70 bits per heavy atom. The maximum atomic E-state index is 12.3. The number of hydrogen-bond donors (Lipinski definition) is 2. The number of rotatable bonds is 5. The standard InChI is InChI=1S/C16H19N3O/c1-12-6-5-9-15(18-12)19-16(20)14-8-4-3-7-13(14)10-11-17-2/h3-9,17H,10-11H2,1-2H3,(H,18,19,20). The number of likely N-dealkylation sites (N-methyl/N-ethyl adjacent to an activating group) is 1. The first kappa shape index (κ1) is 14.2. The second-order valence-corrected chi connectivity index (χ2v) is 4.63. The van der Waals surface area contributed by atoms with Crippen molar-refractivity contribution in [2.24, 2.45) is 0 Å². The van der Waals surface area contributed by atoms with Crippen molar-refractivity contribution in [1.29, 1.82) is 0 Å². The Balaban J connectivity index is 2.16. The lowest BCUT2D eigenvalue weighted by Gasteiger charge is -2.10. The van der Waals surface area contributed by atoms with Gasteiger partial charge in [0.25, 0.3) is 5.91 Å². The summed E-state index contributed by atoms with van der Waals surface area (Å²) in [5.74, 6) is 0.466. The monoisotopic (exact) mass is 269 g/mol. The van der Waals surface area contributed by atoms with Gasteiger partial charge in [0, 0.05) is 11.3 Å². The van der Waals surface area contributed by atoms with Crippen LogP contribution in [-0.4, -0.2) is 24.5 Å². The SMILES string of the molecule is CNCCc1ccccc1C(=O)Nc1cccc(C)n1. The zero-order valence-corrected chi connectivity index (χ0v) is 11.8. The summed E-state index contributed by atoms with van der Waals surface area (Å²) in [4.78, 5) is 16.6. The summed E-state index contributed by atoms with van der Waals surface area (Å²) in [7, 11) is 1.90. The average Bonchev–Trinajstić information content (AvgIpc) is 2.45. The highest BCUT2D eigenvalue weighted by atomic mass is 16.1. The van der Waals surface area contributed by atoms with Crippen molar-refractivity contribution in [2.75, 3.05) is 18.9 Å². The minimum Gasteiger partial charge on any atom is -0.319 e. The van der Waals surface area contributed by atoms with Crippen LogP contribution in [0.4, 0.5) is 5.82 Å². The van der Waals surface area contributed by atoms with E-state index in [0.717, 1.165) is 24.2 Å². The van der Waals surface area contributed by atoms with Gasteiger partial charge in [0.15, 0.2) is 0 Å². The zero-order chi connectivity index (χ0) is 14.4. The topological polar surface area (TPSA) is 54.0 Å². The minimum atomic E-state index is -0.116. The van der Waals surface area contributed by atoms with Gasteiger partial charge in [0.2, 0.25) is 0 Å². The van der Waals surface area contributed by atoms with Gasteiger partial charge in [-0.05, 0) is 50.7 Å². The number of aromatic nitrogens is 1. The molecule has 1 aromatic heterocycles. The van der Waals surface area contributed by atoms with Gasteiger partial charge in [-0.3, -0.25) is 4.79 Å². The molecule has 0 aliphatic carbocycles. The molecule has 2 rings (SSSR count). The van der Waals surface area contributed by atoms with Crippen molar-refractivity contribution in [3.05, 3.63) is 59.3 Å². The number of carbonyl (C=O) groups is 1. The van der Waals surface area contributed by atoms with Crippen molar-refractivity contribution in [3.8, 4) is 0 Å². The molecule has 0 bridgehead atoms. The van der Waals surface area contributed by atoms with Crippen LogP contribution in [0, 0.1) is 6.92 Å². The highest BCUT2D eigenvalue weighted by Gasteiger charge is 2.11. The van der Waals surface area contributed by atoms with E-state index in [4.69, 9.17) is 0 Å². The van der Waals surface area contributed by atoms with E-state index < -0.39 is 0 Å². The van der Waals surface area contributed by atoms with Gasteiger partial charge in [0.05, 0.1) is 0 Å². The maximum Gasteiger partial charge on any atom is 0.257 e. The smallest absolute Gasteiger partial charge is 0.257 e. The molecule has 0 saturated carbocycles. The molecular formula is C16H19N3O. The van der Waals surface area contributed by atoms with Crippen LogP contribution in [0.2, 0.25) is 0 Å². The Morgan fingerprint density at radius 1 is 1.15 bits per heavy atom. The molecule has 0 unspecified atom stereocenters. The number of nitrogens with zero attached hydrogens (tertiary/aromatic N) is 1. The fourth-order valence-electron chi connectivity index (χ4n) is 2.02. The Morgan fingerprint density at radius 2 is 1.95 bits per heavy atom. The first-order chi connectivity index (χ1) is 9.70. The molecule has 20 heavy (non-hydrogen) atoms. The summed E-state index contributed by atoms with van der Waals surface area (Å²) in [5.41, 5.74) is 2.62. The van der Waals surface area contributed by atoms with Crippen molar-refractivity contribution >= 4 is 11.7 Å². The lowest BCUT2D eigenvalue weighted by molar-refractivity contribution is 0.102. The summed E-state index contributed by atoms with van der Waals surface area (Å²) in [6.07, 6.45) is 0.821. The number of hydrogen-bond acceptors (Lipinski definition) is 3. The summed E-state index contributed by atoms with van der Waals surface area (Å²) in [5, 5.41) is 5.94. The predicted octanol–water partition coefficient (Wildman–Crippen LogP) is 2.40. The number of aryl methyl sites for hydroxylation is 1. The van der Waals surface area contributed by atoms with Gasteiger partial charge in [-0.15, -0.1) is 0 Å². The Labute approximate surface area is 119 Å². The van der Waals surface area contributed by atoms with Crippen molar-refractivity contribution < 1.29 is 4.79 Å². The van der Waals surface area contributed by atoms with Crippen LogP contribution in [0.15, 0.2) is 42.5 Å². The van der Waals surface area contributed by atoms with E-state index in [0.29, 0.717) is 11.4 Å². The molecule has 0 radical (unpaired) electrons. The molecule has 2 N–H and O–H groups in total. The third-order valence-electron chi connectivity index (χ3n) is 3.04. The molecule has 1 amide bonds. The Bertz CT molecular complexity index is 596. The van der Waals surface area contributed by atoms with Crippen LogP contribution in [0.3, 0.4) is 0 Å². The van der Waals surface area contributed by atoms with Crippen LogP contribution < -0.4 is 10.6 Å². The van der Waals surface area contributed by atoms with E-state index in [9.17, 15) is 4.79 Å². The van der Waals surface area contributed by atoms with E-state index in [1.165, 1.54) is 0 Å². The van der Waals surface area contributed by atoms with Gasteiger partial charge in [-0.1, -0.05) is 24.3 Å². The summed E-state index contributed by atoms with van der Waals surface area (Å²) < 4.78 is 0. The third-order valence-corrected chi connectivity index (χ3v) is 3.04. The van der Waals surface area contributed by atoms with Gasteiger partial charge in [-0.25, -0.2) is 4.98 Å². The second-order valence-electron chi connectivity index (χ2n) is 4.63. The third kappa shape index (κ3) is 3.65. The minimum absolute atomic E-state index is 0.116. The number of anilines is 1. The van der Waals surface area contributed by atoms with Crippen LogP contribution in [0.25, 0.3) is 0 Å². The highest BCUT2D eigenvalue weighted by molar-refractivity contribution is 6.04. The summed E-state index contributed by atoms with van der Waals surface area (Å²) >= 11 is 0. The summed E-state index contributed by atoms with van der Waals surface area (Å²) in [6.45, 7) is 2.74. The summed E-state index contributed by atoms with van der Waals surface area (Å²) in [6, 6.07) is 13.2. The average molecular weight is 269 g/mol. The molecule has 0 aliphatic rings. The van der Waals surface area contributed by atoms with Crippen molar-refractivity contribution in [1.82, 2.24) is 10.3 Å². The number of benzene rings is 1. The molecule has 104 valence electrons. The molecule has 4 heteroatoms.